The molecular formula is C21H27BrN4O. The van der Waals surface area contributed by atoms with Crippen molar-refractivity contribution in [2.24, 2.45) is 5.92 Å². The quantitative estimate of drug-likeness (QED) is 0.798. The van der Waals surface area contributed by atoms with Crippen LogP contribution in [0.4, 0.5) is 0 Å². The average Bonchev–Trinajstić information content (AvgIpc) is 3.08. The van der Waals surface area contributed by atoms with Gasteiger partial charge in [0.15, 0.2) is 0 Å². The van der Waals surface area contributed by atoms with Crippen LogP contribution in [0.1, 0.15) is 48.2 Å². The Kier molecular flexibility index (Phi) is 5.64. The molecule has 0 spiro atoms. The molecule has 1 aromatic carbocycles. The number of amides is 1. The molecule has 4 rings (SSSR count). The van der Waals surface area contributed by atoms with Crippen molar-refractivity contribution < 1.29 is 4.79 Å². The van der Waals surface area contributed by atoms with E-state index in [0.717, 1.165) is 22.4 Å². The minimum Gasteiger partial charge on any atom is -0.352 e. The summed E-state index contributed by atoms with van der Waals surface area (Å²) in [6.07, 6.45) is 8.08. The fourth-order valence-corrected chi connectivity index (χ4v) is 4.87. The number of hydrogen-bond acceptors (Lipinski definition) is 3. The van der Waals surface area contributed by atoms with Crippen LogP contribution in [-0.4, -0.2) is 46.3 Å². The van der Waals surface area contributed by atoms with E-state index in [4.69, 9.17) is 0 Å². The zero-order chi connectivity index (χ0) is 18.8. The number of rotatable bonds is 4. The molecule has 1 N–H and O–H groups in total. The van der Waals surface area contributed by atoms with Crippen molar-refractivity contribution in [2.45, 2.75) is 45.1 Å². The van der Waals surface area contributed by atoms with Crippen LogP contribution in [0.3, 0.4) is 0 Å². The van der Waals surface area contributed by atoms with Crippen molar-refractivity contribution in [3.8, 4) is 5.69 Å². The highest BCUT2D eigenvalue weighted by Crippen LogP contribution is 2.30. The second kappa shape index (κ2) is 8.15. The molecule has 6 heteroatoms. The van der Waals surface area contributed by atoms with Gasteiger partial charge in [0.1, 0.15) is 0 Å². The predicted molar refractivity (Wildman–Crippen MR) is 110 cm³/mol. The Labute approximate surface area is 169 Å². The van der Waals surface area contributed by atoms with Crippen LogP contribution >= 0.6 is 15.9 Å². The van der Waals surface area contributed by atoms with Crippen molar-refractivity contribution in [3.63, 3.8) is 0 Å². The van der Waals surface area contributed by atoms with Gasteiger partial charge in [0.2, 0.25) is 0 Å². The number of piperidine rings is 2. The van der Waals surface area contributed by atoms with Gasteiger partial charge in [0.25, 0.3) is 5.91 Å². The minimum absolute atomic E-state index is 0.0104. The normalized spacial score (nSPS) is 23.0. The lowest BCUT2D eigenvalue weighted by molar-refractivity contribution is 0.0575. The highest BCUT2D eigenvalue weighted by atomic mass is 79.9. The first-order chi connectivity index (χ1) is 13.1. The summed E-state index contributed by atoms with van der Waals surface area (Å²) in [5.74, 6) is 0.564. The topological polar surface area (TPSA) is 50.2 Å². The summed E-state index contributed by atoms with van der Waals surface area (Å²) in [6, 6.07) is 8.60. The smallest absolute Gasteiger partial charge is 0.254 e. The van der Waals surface area contributed by atoms with E-state index in [0.29, 0.717) is 17.5 Å². The number of carbonyl (C=O) groups is 1. The summed E-state index contributed by atoms with van der Waals surface area (Å²) in [7, 11) is 0. The first-order valence-electron chi connectivity index (χ1n) is 9.96. The van der Waals surface area contributed by atoms with E-state index in [2.05, 4.69) is 31.2 Å². The van der Waals surface area contributed by atoms with Gasteiger partial charge in [-0.1, -0.05) is 22.4 Å². The standard InChI is InChI=1S/C21H27BrN4O/c1-15-19(14-24-26(15)18-9-7-17(22)8-10-18)21(27)23-13-16-5-4-12-25-11-3-2-6-20(16)25/h7-10,14,16,20H,2-6,11-13H2,1H3,(H,23,27)/t16-,20-/m0/s1. The molecule has 0 radical (unpaired) electrons. The highest BCUT2D eigenvalue weighted by Gasteiger charge is 2.33. The van der Waals surface area contributed by atoms with E-state index in [9.17, 15) is 4.79 Å². The number of halogens is 1. The van der Waals surface area contributed by atoms with Crippen LogP contribution in [0, 0.1) is 12.8 Å². The maximum atomic E-state index is 12.8. The molecule has 144 valence electrons. The molecular weight excluding hydrogens is 404 g/mol. The number of nitrogens with zero attached hydrogens (tertiary/aromatic N) is 3. The molecule has 3 heterocycles. The molecule has 5 nitrogen and oxygen atoms in total. The first-order valence-corrected chi connectivity index (χ1v) is 10.8. The van der Waals surface area contributed by atoms with E-state index < -0.39 is 0 Å². The third kappa shape index (κ3) is 3.97. The van der Waals surface area contributed by atoms with Crippen molar-refractivity contribution in [3.05, 3.63) is 46.2 Å². The van der Waals surface area contributed by atoms with Gasteiger partial charge in [-0.15, -0.1) is 0 Å². The Bertz CT molecular complexity index is 799. The van der Waals surface area contributed by atoms with Gasteiger partial charge in [0, 0.05) is 17.1 Å². The second-order valence-electron chi connectivity index (χ2n) is 7.74. The number of nitrogens with one attached hydrogen (secondary N) is 1. The lowest BCUT2D eigenvalue weighted by Crippen LogP contribution is -2.51. The lowest BCUT2D eigenvalue weighted by atomic mass is 9.83. The average molecular weight is 431 g/mol. The Morgan fingerprint density at radius 3 is 2.78 bits per heavy atom. The molecule has 2 saturated heterocycles. The summed E-state index contributed by atoms with van der Waals surface area (Å²) in [4.78, 5) is 15.4. The van der Waals surface area contributed by atoms with E-state index in [1.165, 1.54) is 45.2 Å². The molecule has 0 saturated carbocycles. The number of benzene rings is 1. The van der Waals surface area contributed by atoms with Gasteiger partial charge in [-0.25, -0.2) is 4.68 Å². The third-order valence-electron chi connectivity index (χ3n) is 6.08. The summed E-state index contributed by atoms with van der Waals surface area (Å²) < 4.78 is 2.85. The van der Waals surface area contributed by atoms with Crippen molar-refractivity contribution in [2.75, 3.05) is 19.6 Å². The molecule has 0 aliphatic carbocycles. The minimum atomic E-state index is -0.0104. The molecule has 1 aromatic heterocycles. The molecule has 27 heavy (non-hydrogen) atoms. The Hall–Kier alpha value is -1.66. The molecule has 2 aliphatic heterocycles. The maximum Gasteiger partial charge on any atom is 0.254 e. The van der Waals surface area contributed by atoms with Gasteiger partial charge < -0.3 is 10.2 Å². The third-order valence-corrected chi connectivity index (χ3v) is 6.61. The molecule has 1 amide bonds. The summed E-state index contributed by atoms with van der Waals surface area (Å²) in [5.41, 5.74) is 2.49. The van der Waals surface area contributed by atoms with Crippen LogP contribution in [0.2, 0.25) is 0 Å². The van der Waals surface area contributed by atoms with Crippen molar-refractivity contribution >= 4 is 21.8 Å². The monoisotopic (exact) mass is 430 g/mol. The lowest BCUT2D eigenvalue weighted by Gasteiger charge is -2.44. The summed E-state index contributed by atoms with van der Waals surface area (Å²) in [5, 5.41) is 7.62. The Morgan fingerprint density at radius 1 is 1.19 bits per heavy atom. The molecule has 2 aliphatic rings. The Morgan fingerprint density at radius 2 is 1.96 bits per heavy atom. The zero-order valence-corrected chi connectivity index (χ0v) is 17.4. The fourth-order valence-electron chi connectivity index (χ4n) is 4.61. The molecule has 2 aromatic rings. The van der Waals surface area contributed by atoms with Gasteiger partial charge in [-0.05, 0) is 75.9 Å². The number of carbonyl (C=O) groups excluding carboxylic acids is 1. The van der Waals surface area contributed by atoms with E-state index in [1.54, 1.807) is 6.20 Å². The van der Waals surface area contributed by atoms with Gasteiger partial charge in [-0.3, -0.25) is 4.79 Å². The van der Waals surface area contributed by atoms with E-state index in [-0.39, 0.29) is 5.91 Å². The van der Waals surface area contributed by atoms with E-state index in [1.807, 2.05) is 35.9 Å². The van der Waals surface area contributed by atoms with Gasteiger partial charge in [-0.2, -0.15) is 5.10 Å². The van der Waals surface area contributed by atoms with E-state index >= 15 is 0 Å². The molecule has 2 atom stereocenters. The maximum absolute atomic E-state index is 12.8. The predicted octanol–water partition coefficient (Wildman–Crippen LogP) is 3.94. The van der Waals surface area contributed by atoms with Gasteiger partial charge >= 0.3 is 0 Å². The SMILES string of the molecule is Cc1c(C(=O)NC[C@@H]2CCCN3CCCC[C@@H]23)cnn1-c1ccc(Br)cc1. The molecule has 2 fully saturated rings. The van der Waals surface area contributed by atoms with Crippen LogP contribution in [0.5, 0.6) is 0 Å². The molecule has 0 unspecified atom stereocenters. The van der Waals surface area contributed by atoms with Crippen LogP contribution in [-0.2, 0) is 0 Å². The largest absolute Gasteiger partial charge is 0.352 e. The number of hydrogen-bond donors (Lipinski definition) is 1. The number of aromatic nitrogens is 2. The van der Waals surface area contributed by atoms with Crippen LogP contribution < -0.4 is 5.32 Å². The molecule has 0 bridgehead atoms. The second-order valence-corrected chi connectivity index (χ2v) is 8.66. The highest BCUT2D eigenvalue weighted by molar-refractivity contribution is 9.10. The summed E-state index contributed by atoms with van der Waals surface area (Å²) in [6.45, 7) is 5.18. The fraction of sp³-hybridized carbons (Fsp3) is 0.524. The van der Waals surface area contributed by atoms with Crippen molar-refractivity contribution in [1.82, 2.24) is 20.0 Å². The first kappa shape index (κ1) is 18.7. The zero-order valence-electron chi connectivity index (χ0n) is 15.8. The Balaban J connectivity index is 1.42. The van der Waals surface area contributed by atoms with Crippen LogP contribution in [0.25, 0.3) is 5.69 Å². The van der Waals surface area contributed by atoms with Crippen LogP contribution in [0.15, 0.2) is 34.9 Å². The van der Waals surface area contributed by atoms with Gasteiger partial charge in [0.05, 0.1) is 23.1 Å². The summed E-state index contributed by atoms with van der Waals surface area (Å²) >= 11 is 3.45. The number of fused-ring (bicyclic) bond motifs is 1. The van der Waals surface area contributed by atoms with Crippen molar-refractivity contribution in [1.29, 1.82) is 0 Å².